The molecule has 0 bridgehead atoms. The average Bonchev–Trinajstić information content (AvgIpc) is 3.45. The van der Waals surface area contributed by atoms with Crippen LogP contribution in [0.4, 0.5) is 13.2 Å². The van der Waals surface area contributed by atoms with Crippen molar-refractivity contribution in [1.29, 1.82) is 0 Å². The summed E-state index contributed by atoms with van der Waals surface area (Å²) in [6, 6.07) is 15.1. The number of aromatic nitrogens is 2. The number of hydrogen-bond acceptors (Lipinski definition) is 3. The van der Waals surface area contributed by atoms with Gasteiger partial charge in [0.1, 0.15) is 11.6 Å². The van der Waals surface area contributed by atoms with Gasteiger partial charge in [0.2, 0.25) is 0 Å². The normalized spacial score (nSPS) is 11.5. The monoisotopic (exact) mass is 473 g/mol. The first-order valence-electron chi connectivity index (χ1n) is 10.0. The molecule has 0 saturated carbocycles. The fraction of sp³-hybridized carbons (Fsp3) is 0.167. The molecular weight excluding hydrogens is 455 g/mol. The number of furan rings is 1. The van der Waals surface area contributed by atoms with Gasteiger partial charge in [-0.05, 0) is 54.1 Å². The van der Waals surface area contributed by atoms with Crippen molar-refractivity contribution in [2.75, 3.05) is 0 Å². The number of carbonyl (C=O) groups is 1. The molecule has 0 aliphatic carbocycles. The number of hydrogen-bond donors (Lipinski definition) is 0. The standard InChI is InChI=1S/C24H19ClF3N3O2/c25-20-9-5-18(6-10-20)23(32)31(15-21-2-1-13-33-21)16-22-29-11-12-30(22)14-17-3-7-19(8-4-17)24(26,27)28/h1-13H,14-16H2. The number of amides is 1. The Kier molecular flexibility index (Phi) is 6.55. The van der Waals surface area contributed by atoms with E-state index in [0.717, 1.165) is 12.1 Å². The molecule has 0 N–H and O–H groups in total. The van der Waals surface area contributed by atoms with Crippen LogP contribution in [0.3, 0.4) is 0 Å². The summed E-state index contributed by atoms with van der Waals surface area (Å²) in [6.45, 7) is 0.717. The lowest BCUT2D eigenvalue weighted by molar-refractivity contribution is -0.137. The Balaban J connectivity index is 1.55. The fourth-order valence-corrected chi connectivity index (χ4v) is 3.49. The van der Waals surface area contributed by atoms with Gasteiger partial charge in [-0.25, -0.2) is 4.98 Å². The van der Waals surface area contributed by atoms with E-state index in [2.05, 4.69) is 4.98 Å². The first-order chi connectivity index (χ1) is 15.8. The van der Waals surface area contributed by atoms with Crippen LogP contribution in [0, 0.1) is 0 Å². The molecule has 33 heavy (non-hydrogen) atoms. The molecule has 0 unspecified atom stereocenters. The molecule has 0 aliphatic heterocycles. The van der Waals surface area contributed by atoms with Crippen molar-refractivity contribution in [3.8, 4) is 0 Å². The van der Waals surface area contributed by atoms with Crippen LogP contribution in [0.15, 0.2) is 83.7 Å². The van der Waals surface area contributed by atoms with E-state index in [1.165, 1.54) is 18.4 Å². The molecule has 2 aromatic heterocycles. The summed E-state index contributed by atoms with van der Waals surface area (Å²) in [4.78, 5) is 19.2. The highest BCUT2D eigenvalue weighted by Gasteiger charge is 2.30. The second-order valence-corrected chi connectivity index (χ2v) is 7.85. The van der Waals surface area contributed by atoms with Gasteiger partial charge < -0.3 is 13.9 Å². The number of benzene rings is 2. The van der Waals surface area contributed by atoms with Crippen molar-refractivity contribution in [2.45, 2.75) is 25.8 Å². The quantitative estimate of drug-likeness (QED) is 0.329. The zero-order valence-corrected chi connectivity index (χ0v) is 18.1. The third-order valence-electron chi connectivity index (χ3n) is 5.07. The van der Waals surface area contributed by atoms with Crippen LogP contribution in [-0.2, 0) is 25.8 Å². The van der Waals surface area contributed by atoms with Crippen LogP contribution >= 0.6 is 11.6 Å². The summed E-state index contributed by atoms with van der Waals surface area (Å²) >= 11 is 5.94. The Morgan fingerprint density at radius 3 is 2.39 bits per heavy atom. The first kappa shape index (κ1) is 22.7. The highest BCUT2D eigenvalue weighted by Crippen LogP contribution is 2.29. The lowest BCUT2D eigenvalue weighted by Gasteiger charge is -2.22. The molecule has 2 heterocycles. The van der Waals surface area contributed by atoms with E-state index in [1.54, 1.807) is 58.3 Å². The SMILES string of the molecule is O=C(c1ccc(Cl)cc1)N(Cc1ccco1)Cc1nccn1Cc1ccc(C(F)(F)F)cc1. The van der Waals surface area contributed by atoms with Gasteiger partial charge in [-0.3, -0.25) is 4.79 Å². The van der Waals surface area contributed by atoms with Gasteiger partial charge in [0, 0.05) is 29.5 Å². The highest BCUT2D eigenvalue weighted by atomic mass is 35.5. The molecule has 0 saturated heterocycles. The molecular formula is C24H19ClF3N3O2. The van der Waals surface area contributed by atoms with Gasteiger partial charge in [0.25, 0.3) is 5.91 Å². The minimum absolute atomic E-state index is 0.176. The van der Waals surface area contributed by atoms with Crippen molar-refractivity contribution >= 4 is 17.5 Å². The first-order valence-corrected chi connectivity index (χ1v) is 10.4. The zero-order chi connectivity index (χ0) is 23.4. The second kappa shape index (κ2) is 9.54. The minimum atomic E-state index is -4.38. The van der Waals surface area contributed by atoms with Crippen molar-refractivity contribution in [3.63, 3.8) is 0 Å². The predicted molar refractivity (Wildman–Crippen MR) is 117 cm³/mol. The molecule has 9 heteroatoms. The Labute approximate surface area is 193 Å². The van der Waals surface area contributed by atoms with Crippen molar-refractivity contribution < 1.29 is 22.4 Å². The Morgan fingerprint density at radius 2 is 1.76 bits per heavy atom. The number of nitrogens with zero attached hydrogens (tertiary/aromatic N) is 3. The summed E-state index contributed by atoms with van der Waals surface area (Å²) in [7, 11) is 0. The van der Waals surface area contributed by atoms with E-state index < -0.39 is 11.7 Å². The van der Waals surface area contributed by atoms with Crippen LogP contribution < -0.4 is 0 Å². The van der Waals surface area contributed by atoms with Gasteiger partial charge >= 0.3 is 6.18 Å². The van der Waals surface area contributed by atoms with E-state index >= 15 is 0 Å². The van der Waals surface area contributed by atoms with E-state index in [0.29, 0.717) is 34.3 Å². The zero-order valence-electron chi connectivity index (χ0n) is 17.3. The summed E-state index contributed by atoms with van der Waals surface area (Å²) in [5, 5.41) is 0.524. The fourth-order valence-electron chi connectivity index (χ4n) is 3.37. The molecule has 170 valence electrons. The number of carbonyl (C=O) groups excluding carboxylic acids is 1. The van der Waals surface area contributed by atoms with Crippen LogP contribution in [0.1, 0.15) is 33.1 Å². The molecule has 2 aromatic carbocycles. The molecule has 0 aliphatic rings. The largest absolute Gasteiger partial charge is 0.467 e. The van der Waals surface area contributed by atoms with Gasteiger partial charge in [0.05, 0.1) is 24.9 Å². The number of imidazole rings is 1. The van der Waals surface area contributed by atoms with Gasteiger partial charge in [-0.2, -0.15) is 13.2 Å². The molecule has 0 fully saturated rings. The van der Waals surface area contributed by atoms with E-state index in [9.17, 15) is 18.0 Å². The molecule has 4 aromatic rings. The van der Waals surface area contributed by atoms with E-state index in [1.807, 2.05) is 0 Å². The minimum Gasteiger partial charge on any atom is -0.467 e. The third-order valence-corrected chi connectivity index (χ3v) is 5.33. The van der Waals surface area contributed by atoms with E-state index in [4.69, 9.17) is 16.0 Å². The Hall–Kier alpha value is -3.52. The molecule has 0 radical (unpaired) electrons. The number of halogens is 4. The predicted octanol–water partition coefficient (Wildman–Crippen LogP) is 6.04. The van der Waals surface area contributed by atoms with Crippen LogP contribution in [0.2, 0.25) is 5.02 Å². The van der Waals surface area contributed by atoms with E-state index in [-0.39, 0.29) is 19.0 Å². The van der Waals surface area contributed by atoms with Crippen LogP contribution in [0.25, 0.3) is 0 Å². The molecule has 4 rings (SSSR count). The summed E-state index contributed by atoms with van der Waals surface area (Å²) < 4.78 is 45.7. The summed E-state index contributed by atoms with van der Waals surface area (Å²) in [6.07, 6.45) is 0.473. The molecule has 1 amide bonds. The third kappa shape index (κ3) is 5.64. The Bertz CT molecular complexity index is 1200. The lowest BCUT2D eigenvalue weighted by Crippen LogP contribution is -2.31. The maximum Gasteiger partial charge on any atom is 0.416 e. The van der Waals surface area contributed by atoms with Crippen molar-refractivity contribution in [3.05, 3.63) is 113 Å². The van der Waals surface area contributed by atoms with Crippen LogP contribution in [-0.4, -0.2) is 20.4 Å². The van der Waals surface area contributed by atoms with Gasteiger partial charge in [-0.1, -0.05) is 23.7 Å². The topological polar surface area (TPSA) is 51.3 Å². The smallest absolute Gasteiger partial charge is 0.416 e. The number of rotatable bonds is 7. The van der Waals surface area contributed by atoms with Gasteiger partial charge in [-0.15, -0.1) is 0 Å². The highest BCUT2D eigenvalue weighted by molar-refractivity contribution is 6.30. The average molecular weight is 474 g/mol. The molecule has 0 spiro atoms. The summed E-state index contributed by atoms with van der Waals surface area (Å²) in [5.41, 5.74) is 0.450. The maximum atomic E-state index is 13.2. The second-order valence-electron chi connectivity index (χ2n) is 7.41. The lowest BCUT2D eigenvalue weighted by atomic mass is 10.1. The van der Waals surface area contributed by atoms with Crippen LogP contribution in [0.5, 0.6) is 0 Å². The number of alkyl halides is 3. The van der Waals surface area contributed by atoms with Crippen molar-refractivity contribution in [1.82, 2.24) is 14.5 Å². The van der Waals surface area contributed by atoms with Crippen molar-refractivity contribution in [2.24, 2.45) is 0 Å². The Morgan fingerprint density at radius 1 is 1.03 bits per heavy atom. The van der Waals surface area contributed by atoms with Gasteiger partial charge in [0.15, 0.2) is 0 Å². The molecule has 5 nitrogen and oxygen atoms in total. The maximum absolute atomic E-state index is 13.2. The summed E-state index contributed by atoms with van der Waals surface area (Å²) in [5.74, 6) is 0.967. The molecule has 0 atom stereocenters.